The Labute approximate surface area is 207 Å². The Kier molecular flexibility index (Phi) is 7.19. The maximum absolute atomic E-state index is 13.4. The molecule has 0 atom stereocenters. The molecule has 36 heavy (non-hydrogen) atoms. The molecule has 0 radical (unpaired) electrons. The third-order valence-electron chi connectivity index (χ3n) is 5.99. The number of anilines is 2. The van der Waals surface area contributed by atoms with Crippen LogP contribution in [0.2, 0.25) is 0 Å². The summed E-state index contributed by atoms with van der Waals surface area (Å²) in [4.78, 5) is 29.5. The molecule has 3 aromatic carbocycles. The van der Waals surface area contributed by atoms with E-state index in [-0.39, 0.29) is 18.5 Å². The zero-order valence-corrected chi connectivity index (χ0v) is 19.9. The van der Waals surface area contributed by atoms with Gasteiger partial charge in [0.15, 0.2) is 0 Å². The summed E-state index contributed by atoms with van der Waals surface area (Å²) in [7, 11) is 1.52. The zero-order valence-electron chi connectivity index (χ0n) is 19.9. The number of benzene rings is 3. The molecule has 1 N–H and O–H groups in total. The fourth-order valence-electron chi connectivity index (χ4n) is 4.12. The molecule has 188 valence electrons. The first-order valence-electron chi connectivity index (χ1n) is 11.4. The molecule has 0 aromatic heterocycles. The summed E-state index contributed by atoms with van der Waals surface area (Å²) >= 11 is 0. The number of ether oxygens (including phenoxy) is 1. The van der Waals surface area contributed by atoms with Crippen molar-refractivity contribution in [3.05, 3.63) is 89.0 Å². The van der Waals surface area contributed by atoms with Crippen molar-refractivity contribution >= 4 is 23.3 Å². The van der Waals surface area contributed by atoms with Crippen LogP contribution >= 0.6 is 0 Å². The highest BCUT2D eigenvalue weighted by atomic mass is 19.4. The van der Waals surface area contributed by atoms with Gasteiger partial charge in [-0.15, -0.1) is 0 Å². The fourth-order valence-corrected chi connectivity index (χ4v) is 4.12. The first kappa shape index (κ1) is 25.1. The van der Waals surface area contributed by atoms with E-state index in [1.165, 1.54) is 19.2 Å². The minimum absolute atomic E-state index is 0.185. The van der Waals surface area contributed by atoms with Gasteiger partial charge in [0.05, 0.1) is 24.0 Å². The molecule has 1 heterocycles. The van der Waals surface area contributed by atoms with E-state index in [9.17, 15) is 22.8 Å². The lowest BCUT2D eigenvalue weighted by Gasteiger charge is -2.36. The number of carbonyl (C=O) groups is 2. The summed E-state index contributed by atoms with van der Waals surface area (Å²) in [5, 5.41) is 2.91. The van der Waals surface area contributed by atoms with Crippen LogP contribution in [0.25, 0.3) is 0 Å². The second kappa shape index (κ2) is 10.3. The van der Waals surface area contributed by atoms with Crippen molar-refractivity contribution < 1.29 is 27.5 Å². The Balaban J connectivity index is 1.54. The maximum atomic E-state index is 13.4. The summed E-state index contributed by atoms with van der Waals surface area (Å²) in [5.41, 5.74) is 2.25. The van der Waals surface area contributed by atoms with Crippen molar-refractivity contribution in [3.8, 4) is 5.75 Å². The summed E-state index contributed by atoms with van der Waals surface area (Å²) < 4.78 is 43.8. The molecular weight excluding hydrogens is 471 g/mol. The second-order valence-electron chi connectivity index (χ2n) is 8.61. The lowest BCUT2D eigenvalue weighted by molar-refractivity contribution is -0.137. The van der Waals surface area contributed by atoms with E-state index in [0.29, 0.717) is 47.8 Å². The van der Waals surface area contributed by atoms with Gasteiger partial charge in [0, 0.05) is 25.2 Å². The molecule has 0 bridgehead atoms. The molecule has 1 saturated heterocycles. The van der Waals surface area contributed by atoms with Crippen molar-refractivity contribution in [2.75, 3.05) is 30.4 Å². The topological polar surface area (TPSA) is 61.9 Å². The number of nitrogens with one attached hydrogen (secondary N) is 1. The van der Waals surface area contributed by atoms with Crippen LogP contribution < -0.4 is 15.0 Å². The molecule has 9 heteroatoms. The molecule has 1 fully saturated rings. The van der Waals surface area contributed by atoms with Gasteiger partial charge < -0.3 is 15.0 Å². The van der Waals surface area contributed by atoms with Gasteiger partial charge in [-0.05, 0) is 66.9 Å². The number of alkyl halides is 3. The Morgan fingerprint density at radius 2 is 1.78 bits per heavy atom. The molecular formula is C27H26F3N3O3. The normalized spacial score (nSPS) is 14.1. The van der Waals surface area contributed by atoms with Gasteiger partial charge in [-0.25, -0.2) is 4.79 Å². The first-order valence-corrected chi connectivity index (χ1v) is 11.4. The largest absolute Gasteiger partial charge is 0.497 e. The van der Waals surface area contributed by atoms with Crippen LogP contribution in [0.5, 0.6) is 5.75 Å². The van der Waals surface area contributed by atoms with Crippen LogP contribution in [-0.4, -0.2) is 37.0 Å². The van der Waals surface area contributed by atoms with Crippen LogP contribution in [0.4, 0.5) is 29.3 Å². The highest BCUT2D eigenvalue weighted by Crippen LogP contribution is 2.32. The molecule has 4 rings (SSSR count). The quantitative estimate of drug-likeness (QED) is 0.447. The Bertz CT molecular complexity index is 1260. The smallest absolute Gasteiger partial charge is 0.416 e. The molecule has 1 aliphatic rings. The van der Waals surface area contributed by atoms with Crippen molar-refractivity contribution in [1.82, 2.24) is 4.90 Å². The predicted molar refractivity (Wildman–Crippen MR) is 131 cm³/mol. The van der Waals surface area contributed by atoms with E-state index in [2.05, 4.69) is 5.32 Å². The van der Waals surface area contributed by atoms with Gasteiger partial charge in [0.2, 0.25) is 0 Å². The van der Waals surface area contributed by atoms with Gasteiger partial charge in [-0.1, -0.05) is 24.3 Å². The minimum Gasteiger partial charge on any atom is -0.497 e. The molecule has 0 aliphatic carbocycles. The number of halogens is 3. The highest BCUT2D eigenvalue weighted by molar-refractivity contribution is 6.08. The van der Waals surface area contributed by atoms with Crippen molar-refractivity contribution in [3.63, 3.8) is 0 Å². The average molecular weight is 498 g/mol. The Morgan fingerprint density at radius 3 is 2.47 bits per heavy atom. The molecule has 3 amide bonds. The van der Waals surface area contributed by atoms with E-state index < -0.39 is 11.7 Å². The third-order valence-corrected chi connectivity index (χ3v) is 5.99. The summed E-state index contributed by atoms with van der Waals surface area (Å²) in [6, 6.07) is 16.8. The number of urea groups is 1. The first-order chi connectivity index (χ1) is 17.2. The van der Waals surface area contributed by atoms with E-state index in [0.717, 1.165) is 17.7 Å². The Morgan fingerprint density at radius 1 is 1.03 bits per heavy atom. The van der Waals surface area contributed by atoms with Crippen molar-refractivity contribution in [2.45, 2.75) is 26.1 Å². The average Bonchev–Trinajstić information content (AvgIpc) is 2.85. The number of hydrogen-bond acceptors (Lipinski definition) is 3. The van der Waals surface area contributed by atoms with E-state index in [4.69, 9.17) is 4.74 Å². The number of hydrogen-bond donors (Lipinski definition) is 1. The van der Waals surface area contributed by atoms with Crippen molar-refractivity contribution in [2.24, 2.45) is 0 Å². The SMILES string of the molecule is COc1cccc(C(=O)Nc2cc(C)ccc2N2CCCN(Cc3ccc(C(F)(F)F)cc3)C2=O)c1. The minimum atomic E-state index is -4.41. The number of methoxy groups -OCH3 is 1. The van der Waals surface area contributed by atoms with Crippen LogP contribution in [0.15, 0.2) is 66.7 Å². The molecule has 0 spiro atoms. The zero-order chi connectivity index (χ0) is 25.9. The predicted octanol–water partition coefficient (Wildman–Crippen LogP) is 6.11. The maximum Gasteiger partial charge on any atom is 0.416 e. The molecule has 6 nitrogen and oxygen atoms in total. The van der Waals surface area contributed by atoms with E-state index in [1.807, 2.05) is 13.0 Å². The lowest BCUT2D eigenvalue weighted by atomic mass is 10.1. The van der Waals surface area contributed by atoms with E-state index >= 15 is 0 Å². The van der Waals surface area contributed by atoms with E-state index in [1.54, 1.807) is 46.2 Å². The summed E-state index contributed by atoms with van der Waals surface area (Å²) in [6.45, 7) is 3.01. The summed E-state index contributed by atoms with van der Waals surface area (Å²) in [6.07, 6.45) is -3.74. The molecule has 0 saturated carbocycles. The monoisotopic (exact) mass is 497 g/mol. The second-order valence-corrected chi connectivity index (χ2v) is 8.61. The van der Waals surface area contributed by atoms with Gasteiger partial charge in [-0.3, -0.25) is 9.69 Å². The third kappa shape index (κ3) is 5.62. The van der Waals surface area contributed by atoms with Crippen LogP contribution in [-0.2, 0) is 12.7 Å². The standard InChI is InChI=1S/C27H26F3N3O3/c1-18-7-12-24(23(15-18)31-25(34)20-5-3-6-22(16-20)36-2)33-14-4-13-32(26(33)35)17-19-8-10-21(11-9-19)27(28,29)30/h3,5-12,15-16H,4,13-14,17H2,1-2H3,(H,31,34). The highest BCUT2D eigenvalue weighted by Gasteiger charge is 2.31. The van der Waals surface area contributed by atoms with Gasteiger partial charge in [0.25, 0.3) is 5.91 Å². The number of rotatable bonds is 6. The molecule has 1 aliphatic heterocycles. The number of carbonyl (C=O) groups excluding carboxylic acids is 2. The number of nitrogens with zero attached hydrogens (tertiary/aromatic N) is 2. The van der Waals surface area contributed by atoms with Crippen LogP contribution in [0.1, 0.15) is 33.5 Å². The molecule has 3 aromatic rings. The molecule has 0 unspecified atom stereocenters. The van der Waals surface area contributed by atoms with Gasteiger partial charge >= 0.3 is 12.2 Å². The fraction of sp³-hybridized carbons (Fsp3) is 0.259. The van der Waals surface area contributed by atoms with Crippen molar-refractivity contribution in [1.29, 1.82) is 0 Å². The van der Waals surface area contributed by atoms with Gasteiger partial charge in [-0.2, -0.15) is 13.2 Å². The van der Waals surface area contributed by atoms with Gasteiger partial charge in [0.1, 0.15) is 5.75 Å². The number of aryl methyl sites for hydroxylation is 1. The number of amides is 3. The Hall–Kier alpha value is -4.01. The van der Waals surface area contributed by atoms with Crippen LogP contribution in [0.3, 0.4) is 0 Å². The van der Waals surface area contributed by atoms with Crippen LogP contribution in [0, 0.1) is 6.92 Å². The lowest BCUT2D eigenvalue weighted by Crippen LogP contribution is -2.49. The summed E-state index contributed by atoms with van der Waals surface area (Å²) in [5.74, 6) is 0.212.